The fourth-order valence-electron chi connectivity index (χ4n) is 3.83. The number of nitrogens with zero attached hydrogens (tertiary/aromatic N) is 4. The van der Waals surface area contributed by atoms with Crippen LogP contribution < -0.4 is 5.56 Å². The Hall–Kier alpha value is -2.58. The highest BCUT2D eigenvalue weighted by Crippen LogP contribution is 2.36. The molecule has 5 rings (SSSR count). The average molecular weight is 469 g/mol. The van der Waals surface area contributed by atoms with E-state index in [1.165, 1.54) is 10.9 Å². The van der Waals surface area contributed by atoms with Gasteiger partial charge in [-0.1, -0.05) is 28.1 Å². The van der Waals surface area contributed by atoms with Gasteiger partial charge in [0.15, 0.2) is 0 Å². The Balaban J connectivity index is 1.43. The Morgan fingerprint density at radius 1 is 1.21 bits per heavy atom. The number of para-hydroxylation sites is 1. The third kappa shape index (κ3) is 3.36. The molecule has 1 fully saturated rings. The van der Waals surface area contributed by atoms with E-state index in [-0.39, 0.29) is 24.1 Å². The van der Waals surface area contributed by atoms with Crippen LogP contribution in [0.5, 0.6) is 0 Å². The van der Waals surface area contributed by atoms with Gasteiger partial charge in [0.05, 0.1) is 33.5 Å². The molecule has 0 spiro atoms. The predicted molar refractivity (Wildman–Crippen MR) is 117 cm³/mol. The largest absolute Gasteiger partial charge is 0.332 e. The molecule has 0 saturated carbocycles. The van der Waals surface area contributed by atoms with Crippen molar-refractivity contribution in [1.29, 1.82) is 0 Å². The molecule has 1 aliphatic heterocycles. The summed E-state index contributed by atoms with van der Waals surface area (Å²) in [5.41, 5.74) is 1.38. The van der Waals surface area contributed by atoms with E-state index >= 15 is 0 Å². The van der Waals surface area contributed by atoms with Gasteiger partial charge in [0.1, 0.15) is 11.6 Å². The summed E-state index contributed by atoms with van der Waals surface area (Å²) in [6.07, 6.45) is 3.28. The topological polar surface area (TPSA) is 68.1 Å². The number of benzene rings is 2. The number of hydrogen-bond donors (Lipinski definition) is 0. The van der Waals surface area contributed by atoms with Crippen LogP contribution in [-0.4, -0.2) is 31.9 Å². The lowest BCUT2D eigenvalue weighted by Crippen LogP contribution is -2.36. The Morgan fingerprint density at radius 2 is 2.07 bits per heavy atom. The molecule has 2 aromatic heterocycles. The van der Waals surface area contributed by atoms with Gasteiger partial charge in [0, 0.05) is 11.0 Å². The van der Waals surface area contributed by atoms with Crippen molar-refractivity contribution in [2.24, 2.45) is 0 Å². The van der Waals surface area contributed by atoms with Crippen LogP contribution in [-0.2, 0) is 11.3 Å². The molecule has 3 heterocycles. The third-order valence-electron chi connectivity index (χ3n) is 5.26. The third-order valence-corrected chi connectivity index (χ3v) is 6.89. The van der Waals surface area contributed by atoms with Gasteiger partial charge < -0.3 is 4.90 Å². The molecule has 1 atom stereocenters. The molecule has 0 radical (unpaired) electrons. The Morgan fingerprint density at radius 3 is 2.93 bits per heavy atom. The smallest absolute Gasteiger partial charge is 0.261 e. The number of amides is 1. The Kier molecular flexibility index (Phi) is 4.67. The maximum atomic E-state index is 13.1. The van der Waals surface area contributed by atoms with Gasteiger partial charge in [-0.2, -0.15) is 0 Å². The Bertz CT molecular complexity index is 1270. The number of thiazole rings is 1. The fraction of sp³-hybridized carbons (Fsp3) is 0.238. The predicted octanol–water partition coefficient (Wildman–Crippen LogP) is 4.13. The summed E-state index contributed by atoms with van der Waals surface area (Å²) < 4.78 is 3.33. The molecule has 2 aromatic carbocycles. The fourth-order valence-corrected chi connectivity index (χ4v) is 5.31. The van der Waals surface area contributed by atoms with Crippen molar-refractivity contribution in [3.8, 4) is 0 Å². The van der Waals surface area contributed by atoms with Crippen LogP contribution >= 0.6 is 27.3 Å². The van der Waals surface area contributed by atoms with Gasteiger partial charge in [-0.15, -0.1) is 11.3 Å². The summed E-state index contributed by atoms with van der Waals surface area (Å²) in [4.78, 5) is 36.8. The summed E-state index contributed by atoms with van der Waals surface area (Å²) in [6.45, 7) is 0.663. The number of halogens is 1. The molecule has 1 saturated heterocycles. The van der Waals surface area contributed by atoms with E-state index in [0.717, 1.165) is 32.5 Å². The minimum atomic E-state index is -0.208. The molecular formula is C21H17BrN4O2S. The molecule has 146 valence electrons. The molecule has 6 nitrogen and oxygen atoms in total. The van der Waals surface area contributed by atoms with E-state index in [1.54, 1.807) is 23.5 Å². The van der Waals surface area contributed by atoms with Gasteiger partial charge in [0.25, 0.3) is 5.56 Å². The van der Waals surface area contributed by atoms with Gasteiger partial charge >= 0.3 is 0 Å². The van der Waals surface area contributed by atoms with Crippen molar-refractivity contribution < 1.29 is 4.79 Å². The highest BCUT2D eigenvalue weighted by Gasteiger charge is 2.32. The molecule has 0 aliphatic carbocycles. The van der Waals surface area contributed by atoms with Crippen LogP contribution in [0.3, 0.4) is 0 Å². The molecule has 1 amide bonds. The Labute approximate surface area is 178 Å². The summed E-state index contributed by atoms with van der Waals surface area (Å²) in [5.74, 6) is -0.0787. The molecule has 8 heteroatoms. The number of likely N-dealkylation sites (tertiary alicyclic amines) is 1. The maximum Gasteiger partial charge on any atom is 0.261 e. The molecule has 4 aromatic rings. The lowest BCUT2D eigenvalue weighted by molar-refractivity contribution is -0.132. The van der Waals surface area contributed by atoms with Crippen molar-refractivity contribution in [3.63, 3.8) is 0 Å². The second kappa shape index (κ2) is 7.35. The number of aromatic nitrogens is 3. The lowest BCUT2D eigenvalue weighted by Gasteiger charge is -2.23. The summed E-state index contributed by atoms with van der Waals surface area (Å²) in [7, 11) is 0. The van der Waals surface area contributed by atoms with E-state index < -0.39 is 0 Å². The van der Waals surface area contributed by atoms with Crippen LogP contribution in [0.1, 0.15) is 23.9 Å². The number of fused-ring (bicyclic) bond motifs is 2. The number of hydrogen-bond acceptors (Lipinski definition) is 5. The van der Waals surface area contributed by atoms with Gasteiger partial charge in [-0.05, 0) is 43.2 Å². The van der Waals surface area contributed by atoms with Gasteiger partial charge in [0.2, 0.25) is 5.91 Å². The van der Waals surface area contributed by atoms with Crippen LogP contribution in [0, 0.1) is 0 Å². The van der Waals surface area contributed by atoms with Crippen LogP contribution in [0.25, 0.3) is 21.1 Å². The molecule has 0 bridgehead atoms. The molecule has 0 N–H and O–H groups in total. The second-order valence-corrected chi connectivity index (χ2v) is 9.08. The van der Waals surface area contributed by atoms with Crippen molar-refractivity contribution in [2.75, 3.05) is 6.54 Å². The van der Waals surface area contributed by atoms with Crippen molar-refractivity contribution in [1.82, 2.24) is 19.4 Å². The number of carbonyl (C=O) groups is 1. The quantitative estimate of drug-likeness (QED) is 0.453. The van der Waals surface area contributed by atoms with E-state index in [9.17, 15) is 9.59 Å². The van der Waals surface area contributed by atoms with Crippen molar-refractivity contribution >= 4 is 54.3 Å². The average Bonchev–Trinajstić information content (AvgIpc) is 3.37. The zero-order chi connectivity index (χ0) is 20.0. The first-order valence-electron chi connectivity index (χ1n) is 9.40. The molecule has 1 unspecified atom stereocenters. The highest BCUT2D eigenvalue weighted by molar-refractivity contribution is 9.10. The molecule has 29 heavy (non-hydrogen) atoms. The number of rotatable bonds is 3. The van der Waals surface area contributed by atoms with E-state index in [4.69, 9.17) is 4.98 Å². The van der Waals surface area contributed by atoms with E-state index in [1.807, 2.05) is 29.2 Å². The highest BCUT2D eigenvalue weighted by atomic mass is 79.9. The first-order valence-corrected chi connectivity index (χ1v) is 11.0. The zero-order valence-electron chi connectivity index (χ0n) is 15.4. The molecular weight excluding hydrogens is 452 g/mol. The van der Waals surface area contributed by atoms with Crippen molar-refractivity contribution in [2.45, 2.75) is 25.4 Å². The first kappa shape index (κ1) is 18.4. The van der Waals surface area contributed by atoms with Gasteiger partial charge in [-0.25, -0.2) is 9.97 Å². The first-order chi connectivity index (χ1) is 14.1. The van der Waals surface area contributed by atoms with E-state index in [2.05, 4.69) is 27.0 Å². The summed E-state index contributed by atoms with van der Waals surface area (Å²) in [6, 6.07) is 13.4. The lowest BCUT2D eigenvalue weighted by atomic mass is 10.2. The summed E-state index contributed by atoms with van der Waals surface area (Å²) in [5, 5.41) is 1.46. The van der Waals surface area contributed by atoms with E-state index in [0.29, 0.717) is 17.4 Å². The standard InChI is InChI=1S/C21H17BrN4O2S/c22-13-7-8-15-14(10-13)21(28)25(12-23-15)11-19(27)26-9-3-5-17(26)20-24-16-4-1-2-6-18(16)29-20/h1-2,4,6-8,10,12,17H,3,5,9,11H2. The second-order valence-electron chi connectivity index (χ2n) is 7.10. The normalized spacial score (nSPS) is 16.7. The van der Waals surface area contributed by atoms with Crippen LogP contribution in [0.4, 0.5) is 0 Å². The zero-order valence-corrected chi connectivity index (χ0v) is 17.8. The molecule has 1 aliphatic rings. The minimum absolute atomic E-state index is 0.0182. The van der Waals surface area contributed by atoms with Crippen LogP contribution in [0.15, 0.2) is 58.1 Å². The van der Waals surface area contributed by atoms with Crippen molar-refractivity contribution in [3.05, 3.63) is 68.6 Å². The SMILES string of the molecule is O=C(Cn1cnc2ccc(Br)cc2c1=O)N1CCCC1c1nc2ccccc2s1. The van der Waals surface area contributed by atoms with Gasteiger partial charge in [-0.3, -0.25) is 14.2 Å². The maximum absolute atomic E-state index is 13.1. The number of carbonyl (C=O) groups excluding carboxylic acids is 1. The van der Waals surface area contributed by atoms with Crippen LogP contribution in [0.2, 0.25) is 0 Å². The monoisotopic (exact) mass is 468 g/mol. The minimum Gasteiger partial charge on any atom is -0.332 e. The summed E-state index contributed by atoms with van der Waals surface area (Å²) >= 11 is 5.02.